The minimum Gasteiger partial charge on any atom is -0.322 e. The Hall–Kier alpha value is -1.20. The number of thiazole rings is 1. The molecule has 0 spiro atoms. The number of rotatable bonds is 3. The van der Waals surface area contributed by atoms with Crippen molar-refractivity contribution >= 4 is 11.3 Å². The van der Waals surface area contributed by atoms with Crippen LogP contribution in [0.25, 0.3) is 0 Å². The summed E-state index contributed by atoms with van der Waals surface area (Å²) in [5.74, 6) is 0. The molecule has 2 N–H and O–H groups in total. The predicted octanol–water partition coefficient (Wildman–Crippen LogP) is 1.12. The van der Waals surface area contributed by atoms with E-state index < -0.39 is 0 Å². The van der Waals surface area contributed by atoms with Gasteiger partial charge in [0.15, 0.2) is 0 Å². The van der Waals surface area contributed by atoms with Crippen LogP contribution in [0.1, 0.15) is 17.3 Å². The van der Waals surface area contributed by atoms with Crippen molar-refractivity contribution in [3.8, 4) is 0 Å². The maximum Gasteiger partial charge on any atom is 0.0795 e. The van der Waals surface area contributed by atoms with Gasteiger partial charge >= 0.3 is 0 Å². The van der Waals surface area contributed by atoms with E-state index in [-0.39, 0.29) is 6.04 Å². The molecular weight excluding hydrogens is 196 g/mol. The molecule has 14 heavy (non-hydrogen) atoms. The first kappa shape index (κ1) is 9.36. The van der Waals surface area contributed by atoms with E-state index in [1.54, 1.807) is 21.5 Å². The molecule has 0 bridgehead atoms. The van der Waals surface area contributed by atoms with Crippen molar-refractivity contribution in [2.45, 2.75) is 12.5 Å². The molecule has 0 aliphatic carbocycles. The Morgan fingerprint density at radius 3 is 3.07 bits per heavy atom. The molecule has 0 saturated carbocycles. The Kier molecular flexibility index (Phi) is 2.60. The van der Waals surface area contributed by atoms with Gasteiger partial charge in [0, 0.05) is 18.6 Å². The second kappa shape index (κ2) is 3.89. The molecule has 4 nitrogen and oxygen atoms in total. The van der Waals surface area contributed by atoms with Crippen molar-refractivity contribution < 1.29 is 0 Å². The van der Waals surface area contributed by atoms with Crippen LogP contribution in [-0.4, -0.2) is 14.8 Å². The van der Waals surface area contributed by atoms with Crippen molar-refractivity contribution in [2.24, 2.45) is 12.8 Å². The zero-order chi connectivity index (χ0) is 9.97. The summed E-state index contributed by atoms with van der Waals surface area (Å²) in [5, 5.41) is 6.08. The van der Waals surface area contributed by atoms with Gasteiger partial charge in [0.25, 0.3) is 0 Å². The van der Waals surface area contributed by atoms with Crippen LogP contribution in [0.4, 0.5) is 0 Å². The largest absolute Gasteiger partial charge is 0.322 e. The van der Waals surface area contributed by atoms with Gasteiger partial charge in [-0.05, 0) is 12.0 Å². The zero-order valence-corrected chi connectivity index (χ0v) is 8.74. The van der Waals surface area contributed by atoms with Crippen molar-refractivity contribution in [1.82, 2.24) is 14.8 Å². The van der Waals surface area contributed by atoms with Crippen LogP contribution in [-0.2, 0) is 13.5 Å². The second-order valence-corrected chi connectivity index (χ2v) is 3.96. The lowest BCUT2D eigenvalue weighted by atomic mass is 10.1. The zero-order valence-electron chi connectivity index (χ0n) is 7.92. The minimum absolute atomic E-state index is 0.0227. The summed E-state index contributed by atoms with van der Waals surface area (Å²) in [7, 11) is 1.90. The molecule has 1 unspecified atom stereocenters. The van der Waals surface area contributed by atoms with Gasteiger partial charge in [0.2, 0.25) is 0 Å². The molecule has 0 aliphatic rings. The van der Waals surface area contributed by atoms with Gasteiger partial charge in [-0.25, -0.2) is 4.98 Å². The standard InChI is InChI=1S/C9H12N4S/c1-13-4-7(3-12-13)2-8(10)9-5-14-6-11-9/h3-6,8H,2,10H2,1H3. The predicted molar refractivity (Wildman–Crippen MR) is 56.0 cm³/mol. The average molecular weight is 208 g/mol. The van der Waals surface area contributed by atoms with Gasteiger partial charge in [-0.2, -0.15) is 5.10 Å². The van der Waals surface area contributed by atoms with E-state index in [2.05, 4.69) is 10.1 Å². The van der Waals surface area contributed by atoms with E-state index in [0.29, 0.717) is 0 Å². The fourth-order valence-electron chi connectivity index (χ4n) is 1.34. The summed E-state index contributed by atoms with van der Waals surface area (Å²) < 4.78 is 1.78. The van der Waals surface area contributed by atoms with Gasteiger partial charge < -0.3 is 5.73 Å². The van der Waals surface area contributed by atoms with Crippen LogP contribution in [0.5, 0.6) is 0 Å². The molecule has 0 aromatic carbocycles. The first-order valence-corrected chi connectivity index (χ1v) is 5.31. The minimum atomic E-state index is -0.0227. The molecule has 74 valence electrons. The number of aromatic nitrogens is 3. The highest BCUT2D eigenvalue weighted by Gasteiger charge is 2.09. The quantitative estimate of drug-likeness (QED) is 0.822. The molecule has 5 heteroatoms. The van der Waals surface area contributed by atoms with Crippen molar-refractivity contribution in [2.75, 3.05) is 0 Å². The van der Waals surface area contributed by atoms with E-state index in [4.69, 9.17) is 5.73 Å². The number of nitrogens with zero attached hydrogens (tertiary/aromatic N) is 3. The molecule has 2 heterocycles. The van der Waals surface area contributed by atoms with Gasteiger partial charge in [0.1, 0.15) is 0 Å². The Bertz CT molecular complexity index is 393. The van der Waals surface area contributed by atoms with Gasteiger partial charge in [-0.15, -0.1) is 11.3 Å². The third kappa shape index (κ3) is 2.00. The highest BCUT2D eigenvalue weighted by atomic mass is 32.1. The van der Waals surface area contributed by atoms with E-state index in [0.717, 1.165) is 17.7 Å². The van der Waals surface area contributed by atoms with E-state index in [1.165, 1.54) is 0 Å². The molecule has 0 radical (unpaired) electrons. The summed E-state index contributed by atoms with van der Waals surface area (Å²) in [6.45, 7) is 0. The van der Waals surface area contributed by atoms with Crippen LogP contribution in [0.2, 0.25) is 0 Å². The molecule has 0 saturated heterocycles. The topological polar surface area (TPSA) is 56.7 Å². The molecule has 0 fully saturated rings. The van der Waals surface area contributed by atoms with Crippen LogP contribution >= 0.6 is 11.3 Å². The highest BCUT2D eigenvalue weighted by molar-refractivity contribution is 7.07. The second-order valence-electron chi connectivity index (χ2n) is 3.25. The van der Waals surface area contributed by atoms with E-state index in [9.17, 15) is 0 Å². The fourth-order valence-corrected chi connectivity index (χ4v) is 1.96. The summed E-state index contributed by atoms with van der Waals surface area (Å²) in [4.78, 5) is 4.19. The van der Waals surface area contributed by atoms with Crippen LogP contribution in [0.15, 0.2) is 23.3 Å². The number of nitrogens with two attached hydrogens (primary N) is 1. The maximum atomic E-state index is 5.99. The van der Waals surface area contributed by atoms with Crippen molar-refractivity contribution in [1.29, 1.82) is 0 Å². The van der Waals surface area contributed by atoms with Crippen molar-refractivity contribution in [3.63, 3.8) is 0 Å². The number of hydrogen-bond acceptors (Lipinski definition) is 4. The third-order valence-electron chi connectivity index (χ3n) is 2.05. The number of aryl methyl sites for hydroxylation is 1. The lowest BCUT2D eigenvalue weighted by Crippen LogP contribution is -2.13. The van der Waals surface area contributed by atoms with E-state index >= 15 is 0 Å². The Balaban J connectivity index is 2.05. The van der Waals surface area contributed by atoms with Gasteiger partial charge in [-0.3, -0.25) is 4.68 Å². The maximum absolute atomic E-state index is 5.99. The smallest absolute Gasteiger partial charge is 0.0795 e. The molecule has 2 rings (SSSR count). The monoisotopic (exact) mass is 208 g/mol. The normalized spacial score (nSPS) is 13.0. The van der Waals surface area contributed by atoms with Crippen LogP contribution < -0.4 is 5.73 Å². The lowest BCUT2D eigenvalue weighted by molar-refractivity contribution is 0.700. The molecular formula is C9H12N4S. The Labute approximate surface area is 86.4 Å². The van der Waals surface area contributed by atoms with E-state index in [1.807, 2.05) is 24.8 Å². The molecule has 2 aromatic rings. The molecule has 1 atom stereocenters. The SMILES string of the molecule is Cn1cc(CC(N)c2cscn2)cn1. The third-order valence-corrected chi connectivity index (χ3v) is 2.65. The summed E-state index contributed by atoms with van der Waals surface area (Å²) in [5.41, 5.74) is 9.90. The fraction of sp³-hybridized carbons (Fsp3) is 0.333. The summed E-state index contributed by atoms with van der Waals surface area (Å²) in [6, 6.07) is -0.0227. The highest BCUT2D eigenvalue weighted by Crippen LogP contribution is 2.15. The Morgan fingerprint density at radius 2 is 2.50 bits per heavy atom. The molecule has 0 aliphatic heterocycles. The van der Waals surface area contributed by atoms with Crippen LogP contribution in [0, 0.1) is 0 Å². The Morgan fingerprint density at radius 1 is 1.64 bits per heavy atom. The van der Waals surface area contributed by atoms with Gasteiger partial charge in [0.05, 0.1) is 23.4 Å². The molecule has 2 aromatic heterocycles. The first-order chi connectivity index (χ1) is 6.75. The number of hydrogen-bond donors (Lipinski definition) is 1. The molecule has 0 amide bonds. The van der Waals surface area contributed by atoms with Crippen LogP contribution in [0.3, 0.4) is 0 Å². The average Bonchev–Trinajstić information content (AvgIpc) is 2.75. The first-order valence-electron chi connectivity index (χ1n) is 4.37. The van der Waals surface area contributed by atoms with Crippen molar-refractivity contribution in [3.05, 3.63) is 34.5 Å². The summed E-state index contributed by atoms with van der Waals surface area (Å²) in [6.07, 6.45) is 4.61. The van der Waals surface area contributed by atoms with Gasteiger partial charge in [-0.1, -0.05) is 0 Å². The summed E-state index contributed by atoms with van der Waals surface area (Å²) >= 11 is 1.57. The lowest BCUT2D eigenvalue weighted by Gasteiger charge is -2.05.